The standard InChI is InChI=1S/C12H17F2NO/c1-15-11(16)6-5-10-4-2-3-8-12(13,14)9-7-10/h10H,2,4-7,9H2,1H3,(H,15,16). The van der Waals surface area contributed by atoms with Crippen molar-refractivity contribution >= 4 is 5.91 Å². The van der Waals surface area contributed by atoms with Crippen LogP contribution in [-0.2, 0) is 4.79 Å². The maximum absolute atomic E-state index is 13.0. The molecule has 0 aromatic rings. The number of rotatable bonds is 3. The summed E-state index contributed by atoms with van der Waals surface area (Å²) in [6.45, 7) is 0. The molecule has 1 rings (SSSR count). The summed E-state index contributed by atoms with van der Waals surface area (Å²) in [4.78, 5) is 11.0. The van der Waals surface area contributed by atoms with E-state index in [-0.39, 0.29) is 18.2 Å². The minimum absolute atomic E-state index is 0.0279. The second-order valence-corrected chi connectivity index (χ2v) is 4.16. The van der Waals surface area contributed by atoms with Crippen molar-refractivity contribution in [3.8, 4) is 11.8 Å². The van der Waals surface area contributed by atoms with Crippen molar-refractivity contribution in [3.05, 3.63) is 0 Å². The highest BCUT2D eigenvalue weighted by molar-refractivity contribution is 5.75. The number of hydrogen-bond acceptors (Lipinski definition) is 1. The zero-order chi connectivity index (χ0) is 12.0. The van der Waals surface area contributed by atoms with Gasteiger partial charge in [0, 0.05) is 26.3 Å². The molecule has 90 valence electrons. The molecule has 1 aliphatic carbocycles. The molecule has 0 aromatic carbocycles. The van der Waals surface area contributed by atoms with Gasteiger partial charge in [0.15, 0.2) is 0 Å². The molecule has 0 spiro atoms. The number of alkyl halides is 2. The van der Waals surface area contributed by atoms with Gasteiger partial charge in [-0.3, -0.25) is 4.79 Å². The molecule has 0 heterocycles. The summed E-state index contributed by atoms with van der Waals surface area (Å²) >= 11 is 0. The zero-order valence-corrected chi connectivity index (χ0v) is 9.48. The van der Waals surface area contributed by atoms with Crippen molar-refractivity contribution in [1.29, 1.82) is 0 Å². The zero-order valence-electron chi connectivity index (χ0n) is 9.48. The van der Waals surface area contributed by atoms with Crippen LogP contribution in [-0.4, -0.2) is 18.9 Å². The first-order chi connectivity index (χ1) is 7.53. The van der Waals surface area contributed by atoms with Crippen molar-refractivity contribution in [2.75, 3.05) is 7.05 Å². The van der Waals surface area contributed by atoms with E-state index in [1.807, 2.05) is 5.92 Å². The SMILES string of the molecule is CNC(=O)CCC1CCC#CC(F)(F)CC1. The van der Waals surface area contributed by atoms with Crippen LogP contribution in [0.5, 0.6) is 0 Å². The molecule has 4 heteroatoms. The van der Waals surface area contributed by atoms with Gasteiger partial charge in [0.1, 0.15) is 0 Å². The first-order valence-corrected chi connectivity index (χ1v) is 5.62. The number of amides is 1. The summed E-state index contributed by atoms with van der Waals surface area (Å²) < 4.78 is 26.1. The Morgan fingerprint density at radius 3 is 2.94 bits per heavy atom. The molecule has 0 aliphatic heterocycles. The molecular formula is C12H17F2NO. The normalized spacial score (nSPS) is 23.6. The number of hydrogen-bond donors (Lipinski definition) is 1. The van der Waals surface area contributed by atoms with Crippen LogP contribution in [0.4, 0.5) is 8.78 Å². The molecular weight excluding hydrogens is 212 g/mol. The van der Waals surface area contributed by atoms with E-state index in [2.05, 4.69) is 11.2 Å². The number of nitrogens with one attached hydrogen (secondary N) is 1. The van der Waals surface area contributed by atoms with E-state index in [9.17, 15) is 13.6 Å². The van der Waals surface area contributed by atoms with Gasteiger partial charge in [0.05, 0.1) is 0 Å². The van der Waals surface area contributed by atoms with Crippen LogP contribution in [0.3, 0.4) is 0 Å². The van der Waals surface area contributed by atoms with Gasteiger partial charge in [-0.25, -0.2) is 0 Å². The van der Waals surface area contributed by atoms with Crippen molar-refractivity contribution < 1.29 is 13.6 Å². The highest BCUT2D eigenvalue weighted by Gasteiger charge is 2.28. The van der Waals surface area contributed by atoms with Crippen molar-refractivity contribution in [3.63, 3.8) is 0 Å². The van der Waals surface area contributed by atoms with Gasteiger partial charge in [-0.2, -0.15) is 8.78 Å². The molecule has 1 atom stereocenters. The number of carbonyl (C=O) groups is 1. The Balaban J connectivity index is 2.41. The van der Waals surface area contributed by atoms with Gasteiger partial charge in [-0.15, -0.1) is 0 Å². The number of carbonyl (C=O) groups excluding carboxylic acids is 1. The lowest BCUT2D eigenvalue weighted by Gasteiger charge is -2.19. The molecule has 0 radical (unpaired) electrons. The van der Waals surface area contributed by atoms with Crippen molar-refractivity contribution in [1.82, 2.24) is 5.32 Å². The highest BCUT2D eigenvalue weighted by atomic mass is 19.3. The number of halogens is 2. The fourth-order valence-corrected chi connectivity index (χ4v) is 1.81. The molecule has 1 aliphatic rings. The van der Waals surface area contributed by atoms with E-state index in [4.69, 9.17) is 0 Å². The van der Waals surface area contributed by atoms with E-state index >= 15 is 0 Å². The predicted octanol–water partition coefficient (Wildman–Crippen LogP) is 2.34. The maximum atomic E-state index is 13.0. The average molecular weight is 229 g/mol. The summed E-state index contributed by atoms with van der Waals surface area (Å²) in [5, 5.41) is 2.53. The second-order valence-electron chi connectivity index (χ2n) is 4.16. The molecule has 0 fully saturated rings. The molecule has 2 nitrogen and oxygen atoms in total. The Morgan fingerprint density at radius 1 is 1.50 bits per heavy atom. The van der Waals surface area contributed by atoms with Crippen molar-refractivity contribution in [2.45, 2.75) is 44.4 Å². The van der Waals surface area contributed by atoms with Crippen LogP contribution in [0, 0.1) is 17.8 Å². The Bertz CT molecular complexity index is 304. The van der Waals surface area contributed by atoms with Crippen LogP contribution >= 0.6 is 0 Å². The van der Waals surface area contributed by atoms with Gasteiger partial charge in [0.25, 0.3) is 0 Å². The summed E-state index contributed by atoms with van der Waals surface area (Å²) in [5.74, 6) is 1.83. The van der Waals surface area contributed by atoms with Crippen LogP contribution in [0.2, 0.25) is 0 Å². The van der Waals surface area contributed by atoms with E-state index in [0.717, 1.165) is 6.42 Å². The molecule has 0 aromatic heterocycles. The smallest absolute Gasteiger partial charge is 0.308 e. The van der Waals surface area contributed by atoms with Crippen LogP contribution < -0.4 is 5.32 Å². The first-order valence-electron chi connectivity index (χ1n) is 5.62. The molecule has 1 amide bonds. The second kappa shape index (κ2) is 5.83. The lowest BCUT2D eigenvalue weighted by molar-refractivity contribution is -0.120. The Hall–Kier alpha value is -1.11. The van der Waals surface area contributed by atoms with Gasteiger partial charge >= 0.3 is 5.92 Å². The Labute approximate surface area is 94.8 Å². The van der Waals surface area contributed by atoms with Gasteiger partial charge in [0.2, 0.25) is 5.91 Å². The Kier molecular flexibility index (Phi) is 4.72. The lowest BCUT2D eigenvalue weighted by Crippen LogP contribution is -2.20. The molecule has 1 unspecified atom stereocenters. The molecule has 0 bridgehead atoms. The molecule has 1 N–H and O–H groups in total. The van der Waals surface area contributed by atoms with Crippen molar-refractivity contribution in [2.24, 2.45) is 5.92 Å². The predicted molar refractivity (Wildman–Crippen MR) is 58.0 cm³/mol. The fourth-order valence-electron chi connectivity index (χ4n) is 1.81. The van der Waals surface area contributed by atoms with E-state index in [1.54, 1.807) is 7.05 Å². The van der Waals surface area contributed by atoms with E-state index < -0.39 is 5.92 Å². The summed E-state index contributed by atoms with van der Waals surface area (Å²) in [6, 6.07) is 0. The minimum Gasteiger partial charge on any atom is -0.359 e. The third-order valence-electron chi connectivity index (χ3n) is 2.87. The fraction of sp³-hybridized carbons (Fsp3) is 0.750. The van der Waals surface area contributed by atoms with Gasteiger partial charge in [-0.1, -0.05) is 5.92 Å². The minimum atomic E-state index is -2.84. The van der Waals surface area contributed by atoms with Crippen LogP contribution in [0.25, 0.3) is 0 Å². The molecule has 0 saturated heterocycles. The third-order valence-corrected chi connectivity index (χ3v) is 2.87. The Morgan fingerprint density at radius 2 is 2.25 bits per heavy atom. The monoisotopic (exact) mass is 229 g/mol. The lowest BCUT2D eigenvalue weighted by atomic mass is 9.90. The molecule has 16 heavy (non-hydrogen) atoms. The first kappa shape index (κ1) is 13.0. The average Bonchev–Trinajstić information content (AvgIpc) is 2.23. The third kappa shape index (κ3) is 4.61. The van der Waals surface area contributed by atoms with Gasteiger partial charge in [-0.05, 0) is 31.1 Å². The van der Waals surface area contributed by atoms with Crippen LogP contribution in [0.1, 0.15) is 38.5 Å². The van der Waals surface area contributed by atoms with Crippen LogP contribution in [0.15, 0.2) is 0 Å². The summed E-state index contributed by atoms with van der Waals surface area (Å²) in [5.41, 5.74) is 0. The van der Waals surface area contributed by atoms with E-state index in [0.29, 0.717) is 25.7 Å². The summed E-state index contributed by atoms with van der Waals surface area (Å²) in [6.07, 6.45) is 2.70. The quantitative estimate of drug-likeness (QED) is 0.739. The highest BCUT2D eigenvalue weighted by Crippen LogP contribution is 2.28. The van der Waals surface area contributed by atoms with E-state index in [1.165, 1.54) is 0 Å². The maximum Gasteiger partial charge on any atom is 0.308 e. The largest absolute Gasteiger partial charge is 0.359 e. The topological polar surface area (TPSA) is 29.1 Å². The summed E-state index contributed by atoms with van der Waals surface area (Å²) in [7, 11) is 1.58. The molecule has 0 saturated carbocycles. The van der Waals surface area contributed by atoms with Gasteiger partial charge < -0.3 is 5.32 Å².